The molecule has 0 radical (unpaired) electrons. The number of hydrogen-bond donors (Lipinski definition) is 1. The number of aliphatic carboxylic acids is 1. The molecule has 0 aromatic carbocycles. The van der Waals surface area contributed by atoms with Crippen LogP contribution in [0.4, 0.5) is 0 Å². The van der Waals surface area contributed by atoms with Crippen LogP contribution in [0.5, 0.6) is 0 Å². The van der Waals surface area contributed by atoms with Crippen molar-refractivity contribution in [3.05, 3.63) is 0 Å². The lowest BCUT2D eigenvalue weighted by Gasteiger charge is -2.29. The van der Waals surface area contributed by atoms with Crippen molar-refractivity contribution < 1.29 is 23.9 Å². The fourth-order valence-corrected chi connectivity index (χ4v) is 1.21. The van der Waals surface area contributed by atoms with Crippen LogP contribution < -0.4 is 10.8 Å². The topological polar surface area (TPSA) is 92.5 Å². The fraction of sp³-hybridized carbons (Fsp3) is 0.800. The predicted octanol–water partition coefficient (Wildman–Crippen LogP) is -1.91. The Morgan fingerprint density at radius 2 is 1.88 bits per heavy atom. The maximum atomic E-state index is 11.3. The van der Waals surface area contributed by atoms with Gasteiger partial charge in [0.15, 0.2) is 6.10 Å². The molecule has 0 aliphatic rings. The number of nitrogens with zero attached hydrogens (tertiary/aromatic N) is 1. The van der Waals surface area contributed by atoms with Gasteiger partial charge in [-0.05, 0) is 6.92 Å². The summed E-state index contributed by atoms with van der Waals surface area (Å²) < 4.78 is 5.49. The van der Waals surface area contributed by atoms with Crippen molar-refractivity contribution in [3.8, 4) is 0 Å². The summed E-state index contributed by atoms with van der Waals surface area (Å²) in [6.45, 7) is 1.89. The smallest absolute Gasteiger partial charge is 0.323 e. The van der Waals surface area contributed by atoms with Crippen molar-refractivity contribution in [1.29, 1.82) is 0 Å². The first-order valence-corrected chi connectivity index (χ1v) is 5.08. The van der Waals surface area contributed by atoms with E-state index in [4.69, 9.17) is 10.5 Å². The van der Waals surface area contributed by atoms with E-state index in [1.165, 1.54) is 6.92 Å². The van der Waals surface area contributed by atoms with Crippen LogP contribution >= 0.6 is 0 Å². The molecule has 0 aromatic rings. The third-order valence-electron chi connectivity index (χ3n) is 1.80. The second kappa shape index (κ2) is 5.81. The molecule has 0 aliphatic heterocycles. The molecule has 94 valence electrons. The molecule has 2 atom stereocenters. The average Bonchev–Trinajstić information content (AvgIpc) is 1.98. The first kappa shape index (κ1) is 14.9. The van der Waals surface area contributed by atoms with Gasteiger partial charge in [-0.2, -0.15) is 0 Å². The second-order valence-electron chi connectivity index (χ2n) is 4.90. The van der Waals surface area contributed by atoms with Gasteiger partial charge in [-0.1, -0.05) is 0 Å². The molecule has 6 heteroatoms. The Labute approximate surface area is 95.6 Å². The fourth-order valence-electron chi connectivity index (χ4n) is 1.21. The van der Waals surface area contributed by atoms with Gasteiger partial charge in [0, 0.05) is 12.4 Å². The lowest BCUT2D eigenvalue weighted by atomic mass is 10.2. The highest BCUT2D eigenvalue weighted by Crippen LogP contribution is 2.05. The Balaban J connectivity index is 4.43. The Morgan fingerprint density at radius 3 is 2.19 bits per heavy atom. The molecule has 0 rings (SSSR count). The molecule has 0 aliphatic carbocycles. The third kappa shape index (κ3) is 7.19. The number of esters is 1. The quantitative estimate of drug-likeness (QED) is 0.426. The summed E-state index contributed by atoms with van der Waals surface area (Å²) >= 11 is 0. The van der Waals surface area contributed by atoms with Gasteiger partial charge in [0.05, 0.1) is 21.1 Å². The molecule has 16 heavy (non-hydrogen) atoms. The highest BCUT2D eigenvalue weighted by Gasteiger charge is 2.23. The van der Waals surface area contributed by atoms with Crippen molar-refractivity contribution in [2.75, 3.05) is 27.7 Å². The maximum Gasteiger partial charge on any atom is 0.323 e. The van der Waals surface area contributed by atoms with E-state index < -0.39 is 24.1 Å². The Hall–Kier alpha value is -1.14. The number of carboxylic acids is 1. The van der Waals surface area contributed by atoms with Crippen LogP contribution in [0, 0.1) is 0 Å². The molecule has 0 heterocycles. The van der Waals surface area contributed by atoms with Gasteiger partial charge in [-0.3, -0.25) is 4.79 Å². The molecule has 6 nitrogen and oxygen atoms in total. The number of quaternary nitrogens is 1. The Bertz CT molecular complexity index is 258. The normalized spacial score (nSPS) is 15.3. The molecule has 0 spiro atoms. The molecule has 1 unspecified atom stereocenters. The number of carbonyl (C=O) groups excluding carboxylic acids is 2. The van der Waals surface area contributed by atoms with Crippen LogP contribution in [0.3, 0.4) is 0 Å². The molecular formula is C10H20N2O4. The van der Waals surface area contributed by atoms with Gasteiger partial charge in [-0.15, -0.1) is 0 Å². The summed E-state index contributed by atoms with van der Waals surface area (Å²) in [7, 11) is 5.63. The van der Waals surface area contributed by atoms with Gasteiger partial charge in [0.1, 0.15) is 12.6 Å². The zero-order valence-corrected chi connectivity index (χ0v) is 10.2. The number of rotatable bonds is 6. The van der Waals surface area contributed by atoms with Gasteiger partial charge in [0.2, 0.25) is 0 Å². The van der Waals surface area contributed by atoms with Crippen LogP contribution in [0.2, 0.25) is 0 Å². The minimum absolute atomic E-state index is 0.312. The van der Waals surface area contributed by atoms with Gasteiger partial charge >= 0.3 is 5.97 Å². The molecule has 0 bridgehead atoms. The van der Waals surface area contributed by atoms with Crippen LogP contribution in [0.1, 0.15) is 13.3 Å². The number of hydrogen-bond acceptors (Lipinski definition) is 5. The van der Waals surface area contributed by atoms with Crippen LogP contribution in [0.15, 0.2) is 0 Å². The van der Waals surface area contributed by atoms with E-state index in [0.717, 1.165) is 0 Å². The van der Waals surface area contributed by atoms with Crippen LogP contribution in [0.25, 0.3) is 0 Å². The minimum Gasteiger partial charge on any atom is -0.550 e. The molecule has 2 N–H and O–H groups in total. The van der Waals surface area contributed by atoms with Crippen molar-refractivity contribution in [1.82, 2.24) is 0 Å². The Morgan fingerprint density at radius 1 is 1.38 bits per heavy atom. The second-order valence-corrected chi connectivity index (χ2v) is 4.90. The summed E-state index contributed by atoms with van der Waals surface area (Å²) in [5.74, 6) is -1.84. The van der Waals surface area contributed by atoms with E-state index in [2.05, 4.69) is 0 Å². The number of ether oxygens (including phenoxy) is 1. The summed E-state index contributed by atoms with van der Waals surface area (Å²) in [4.78, 5) is 21.8. The van der Waals surface area contributed by atoms with Gasteiger partial charge in [0.25, 0.3) is 0 Å². The monoisotopic (exact) mass is 232 g/mol. The number of carbonyl (C=O) groups is 2. The molecule has 0 amide bonds. The van der Waals surface area contributed by atoms with Crippen molar-refractivity contribution in [2.24, 2.45) is 5.73 Å². The van der Waals surface area contributed by atoms with Crippen LogP contribution in [-0.4, -0.2) is 56.3 Å². The first-order valence-electron chi connectivity index (χ1n) is 5.08. The van der Waals surface area contributed by atoms with E-state index >= 15 is 0 Å². The third-order valence-corrected chi connectivity index (χ3v) is 1.80. The van der Waals surface area contributed by atoms with Crippen LogP contribution in [-0.2, 0) is 14.3 Å². The molecule has 0 fully saturated rings. The summed E-state index contributed by atoms with van der Waals surface area (Å²) in [5, 5.41) is 10.5. The first-order chi connectivity index (χ1) is 7.11. The molecule has 0 aromatic heterocycles. The van der Waals surface area contributed by atoms with E-state index in [1.54, 1.807) is 0 Å². The van der Waals surface area contributed by atoms with E-state index in [9.17, 15) is 14.7 Å². The SMILES string of the molecule is C[C@H](N)C(=O)OC(CC(=O)[O-])C[N+](C)(C)C. The van der Waals surface area contributed by atoms with Gasteiger partial charge < -0.3 is 24.9 Å². The van der Waals surface area contributed by atoms with E-state index in [0.29, 0.717) is 11.0 Å². The molecule has 0 saturated carbocycles. The number of likely N-dealkylation sites (N-methyl/N-ethyl adjacent to an activating group) is 1. The molecule has 0 saturated heterocycles. The largest absolute Gasteiger partial charge is 0.550 e. The maximum absolute atomic E-state index is 11.3. The average molecular weight is 232 g/mol. The lowest BCUT2D eigenvalue weighted by molar-refractivity contribution is -0.873. The summed E-state index contributed by atoms with van der Waals surface area (Å²) in [6.07, 6.45) is -1.02. The summed E-state index contributed by atoms with van der Waals surface area (Å²) in [5.41, 5.74) is 5.34. The highest BCUT2D eigenvalue weighted by atomic mass is 16.5. The van der Waals surface area contributed by atoms with Crippen molar-refractivity contribution in [3.63, 3.8) is 0 Å². The zero-order chi connectivity index (χ0) is 12.9. The summed E-state index contributed by atoms with van der Waals surface area (Å²) in [6, 6.07) is -0.753. The Kier molecular flexibility index (Phi) is 5.40. The van der Waals surface area contributed by atoms with E-state index in [1.807, 2.05) is 21.1 Å². The standard InChI is InChI=1S/C10H20N2O4/c1-7(11)10(15)16-8(5-9(13)14)6-12(2,3)4/h7-8H,5-6,11H2,1-4H3/t7-,8?/m0/s1. The van der Waals surface area contributed by atoms with Crippen molar-refractivity contribution in [2.45, 2.75) is 25.5 Å². The zero-order valence-electron chi connectivity index (χ0n) is 10.2. The number of nitrogens with two attached hydrogens (primary N) is 1. The lowest BCUT2D eigenvalue weighted by Crippen LogP contribution is -2.46. The highest BCUT2D eigenvalue weighted by molar-refractivity contribution is 5.75. The predicted molar refractivity (Wildman–Crippen MR) is 56.1 cm³/mol. The van der Waals surface area contributed by atoms with E-state index in [-0.39, 0.29) is 6.42 Å². The van der Waals surface area contributed by atoms with Crippen molar-refractivity contribution >= 4 is 11.9 Å². The van der Waals surface area contributed by atoms with Gasteiger partial charge in [-0.25, -0.2) is 0 Å². The minimum atomic E-state index is -1.24. The number of carboxylic acid groups (broad SMARTS) is 1. The molecular weight excluding hydrogens is 212 g/mol.